The third-order valence-corrected chi connectivity index (χ3v) is 9.62. The maximum atomic E-state index is 14.3. The van der Waals surface area contributed by atoms with E-state index in [1.165, 1.54) is 9.20 Å². The molecule has 2 aliphatic heterocycles. The summed E-state index contributed by atoms with van der Waals surface area (Å²) in [6.07, 6.45) is -0.195. The minimum atomic E-state index is -4.60. The van der Waals surface area contributed by atoms with Crippen LogP contribution in [0.4, 0.5) is 30.2 Å². The molecule has 1 saturated heterocycles. The zero-order chi connectivity index (χ0) is 36.7. The lowest BCUT2D eigenvalue weighted by Gasteiger charge is -2.41. The lowest BCUT2D eigenvalue weighted by atomic mass is 10.1. The lowest BCUT2D eigenvalue weighted by molar-refractivity contribution is -0.137. The molecule has 1 fully saturated rings. The number of rotatable bonds is 8. The SMILES string of the molecule is CCc1c(N2CCN(c3c[nH]n(-c4ccccc4)c3=O)[C@H](C)C2)c(=O)n2nc(C3=CCOCC3)nc2n1CC(=O)Nc1ccc(C(F)(F)F)cc1Cl. The number of aromatic amines is 1. The number of benzene rings is 2. The summed E-state index contributed by atoms with van der Waals surface area (Å²) < 4.78 is 49.4. The number of hydrogen-bond donors (Lipinski definition) is 2. The number of amides is 1. The summed E-state index contributed by atoms with van der Waals surface area (Å²) >= 11 is 6.15. The first kappa shape index (κ1) is 35.1. The van der Waals surface area contributed by atoms with Crippen LogP contribution in [0.1, 0.15) is 37.4 Å². The average molecular weight is 738 g/mol. The molecule has 0 unspecified atom stereocenters. The Balaban J connectivity index is 1.24. The number of nitrogens with one attached hydrogen (secondary N) is 2. The van der Waals surface area contributed by atoms with Crippen LogP contribution in [0.5, 0.6) is 0 Å². The van der Waals surface area contributed by atoms with Crippen LogP contribution in [0.3, 0.4) is 0 Å². The minimum absolute atomic E-state index is 0.00514. The van der Waals surface area contributed by atoms with E-state index in [1.807, 2.05) is 60.1 Å². The number of alkyl halides is 3. The van der Waals surface area contributed by atoms with Crippen molar-refractivity contribution in [2.45, 2.75) is 45.5 Å². The maximum absolute atomic E-state index is 14.3. The van der Waals surface area contributed by atoms with Crippen molar-refractivity contribution < 1.29 is 22.7 Å². The van der Waals surface area contributed by atoms with Gasteiger partial charge in [-0.25, -0.2) is 4.68 Å². The molecule has 2 aromatic carbocycles. The molecule has 272 valence electrons. The quantitative estimate of drug-likeness (QED) is 0.233. The number of nitrogens with zero attached hydrogens (tertiary/aromatic N) is 7. The van der Waals surface area contributed by atoms with E-state index >= 15 is 0 Å². The summed E-state index contributed by atoms with van der Waals surface area (Å²) in [7, 11) is 0. The molecule has 5 aromatic rings. The van der Waals surface area contributed by atoms with Gasteiger partial charge in [0.1, 0.15) is 17.9 Å². The Labute approximate surface area is 299 Å². The number of carbonyl (C=O) groups excluding carboxylic acids is 1. The van der Waals surface area contributed by atoms with Crippen LogP contribution in [-0.2, 0) is 28.7 Å². The molecular weight excluding hydrogens is 703 g/mol. The fourth-order valence-electron chi connectivity index (χ4n) is 6.78. The molecular formula is C35H35ClF3N9O4. The van der Waals surface area contributed by atoms with Crippen molar-refractivity contribution in [3.05, 3.63) is 104 Å². The van der Waals surface area contributed by atoms with Crippen LogP contribution in [0.2, 0.25) is 5.02 Å². The summed E-state index contributed by atoms with van der Waals surface area (Å²) in [5.74, 6) is -0.120. The second kappa shape index (κ2) is 14.0. The number of piperazine rings is 1. The van der Waals surface area contributed by atoms with Crippen molar-refractivity contribution in [2.24, 2.45) is 0 Å². The second-order valence-corrected chi connectivity index (χ2v) is 13.0. The van der Waals surface area contributed by atoms with Crippen molar-refractivity contribution in [1.82, 2.24) is 28.9 Å². The Kier molecular flexibility index (Phi) is 9.44. The predicted octanol–water partition coefficient (Wildman–Crippen LogP) is 4.76. The third-order valence-electron chi connectivity index (χ3n) is 9.30. The van der Waals surface area contributed by atoms with E-state index in [9.17, 15) is 27.6 Å². The molecule has 0 aliphatic carbocycles. The van der Waals surface area contributed by atoms with Crippen molar-refractivity contribution in [3.63, 3.8) is 0 Å². The number of halogens is 4. The number of hydrogen-bond acceptors (Lipinski definition) is 8. The Morgan fingerprint density at radius 1 is 1.12 bits per heavy atom. The second-order valence-electron chi connectivity index (χ2n) is 12.6. The predicted molar refractivity (Wildman–Crippen MR) is 191 cm³/mol. The van der Waals surface area contributed by atoms with Gasteiger partial charge in [0.15, 0.2) is 5.82 Å². The van der Waals surface area contributed by atoms with Gasteiger partial charge in [0, 0.05) is 31.9 Å². The highest BCUT2D eigenvalue weighted by Crippen LogP contribution is 2.34. The zero-order valence-corrected chi connectivity index (χ0v) is 29.0. The molecule has 5 heterocycles. The van der Waals surface area contributed by atoms with Gasteiger partial charge in [-0.15, -0.1) is 5.10 Å². The van der Waals surface area contributed by atoms with Crippen LogP contribution in [0.25, 0.3) is 17.0 Å². The topological polar surface area (TPSA) is 135 Å². The summed E-state index contributed by atoms with van der Waals surface area (Å²) in [5, 5.41) is 9.98. The number of H-pyrrole nitrogens is 1. The van der Waals surface area contributed by atoms with Crippen LogP contribution in [0.15, 0.2) is 70.4 Å². The maximum Gasteiger partial charge on any atom is 0.416 e. The number of fused-ring (bicyclic) bond motifs is 1. The number of anilines is 3. The Morgan fingerprint density at radius 2 is 1.90 bits per heavy atom. The van der Waals surface area contributed by atoms with Crippen molar-refractivity contribution in [2.75, 3.05) is 48.0 Å². The highest BCUT2D eigenvalue weighted by Gasteiger charge is 2.33. The summed E-state index contributed by atoms with van der Waals surface area (Å²) in [6, 6.07) is 11.7. The number of carbonyl (C=O) groups is 1. The number of para-hydroxylation sites is 1. The van der Waals surface area contributed by atoms with E-state index < -0.39 is 23.2 Å². The van der Waals surface area contributed by atoms with Gasteiger partial charge in [-0.1, -0.05) is 42.8 Å². The van der Waals surface area contributed by atoms with Gasteiger partial charge in [0.25, 0.3) is 11.1 Å². The van der Waals surface area contributed by atoms with Gasteiger partial charge in [-0.05, 0) is 55.7 Å². The molecule has 1 atom stereocenters. The molecule has 0 spiro atoms. The first-order valence-electron chi connectivity index (χ1n) is 16.8. The van der Waals surface area contributed by atoms with Gasteiger partial charge in [-0.3, -0.25) is 19.5 Å². The minimum Gasteiger partial charge on any atom is -0.377 e. The van der Waals surface area contributed by atoms with Gasteiger partial charge >= 0.3 is 6.18 Å². The number of aromatic nitrogens is 6. The normalized spacial score (nSPS) is 16.7. The monoisotopic (exact) mass is 737 g/mol. The van der Waals surface area contributed by atoms with Crippen molar-refractivity contribution in [1.29, 1.82) is 0 Å². The third kappa shape index (κ3) is 6.59. The van der Waals surface area contributed by atoms with Crippen LogP contribution in [-0.4, -0.2) is 73.7 Å². The van der Waals surface area contributed by atoms with E-state index in [0.717, 1.165) is 23.8 Å². The first-order valence-corrected chi connectivity index (χ1v) is 17.2. The van der Waals surface area contributed by atoms with Crippen LogP contribution >= 0.6 is 11.6 Å². The van der Waals surface area contributed by atoms with Gasteiger partial charge in [0.2, 0.25) is 11.7 Å². The van der Waals surface area contributed by atoms with E-state index in [1.54, 1.807) is 10.8 Å². The standard InChI is InChI=1S/C35H35ClF3N9O4/c1-3-27-30(44-13-14-45(21(2)19-44)28-18-40-47(32(28)50)24-7-5-4-6-8-24)33(51)48-34(42-31(43-48)22-11-15-52-16-12-22)46(27)20-29(49)41-26-10-9-23(17-25(26)36)35(37,38)39/h4-11,17-18,21,40H,3,12-16,19-20H2,1-2H3,(H,41,49)/t21-/m1/s1. The molecule has 7 rings (SSSR count). The average Bonchev–Trinajstić information content (AvgIpc) is 3.75. The molecule has 52 heavy (non-hydrogen) atoms. The smallest absolute Gasteiger partial charge is 0.377 e. The Morgan fingerprint density at radius 3 is 2.58 bits per heavy atom. The lowest BCUT2D eigenvalue weighted by Crippen LogP contribution is -2.54. The Bertz CT molecular complexity index is 2290. The zero-order valence-electron chi connectivity index (χ0n) is 28.3. The van der Waals surface area contributed by atoms with Crippen LogP contribution < -0.4 is 26.2 Å². The van der Waals surface area contributed by atoms with Crippen LogP contribution in [0, 0.1) is 0 Å². The molecule has 0 saturated carbocycles. The highest BCUT2D eigenvalue weighted by atomic mass is 35.5. The van der Waals surface area contributed by atoms with Gasteiger partial charge in [-0.2, -0.15) is 22.7 Å². The summed E-state index contributed by atoms with van der Waals surface area (Å²) in [6.45, 7) is 5.51. The van der Waals surface area contributed by atoms with Crippen molar-refractivity contribution >= 4 is 45.9 Å². The van der Waals surface area contributed by atoms with E-state index in [-0.39, 0.29) is 34.6 Å². The van der Waals surface area contributed by atoms with Gasteiger partial charge in [0.05, 0.1) is 40.9 Å². The molecule has 17 heteroatoms. The molecule has 1 amide bonds. The molecule has 3 aromatic heterocycles. The van der Waals surface area contributed by atoms with E-state index in [0.29, 0.717) is 74.3 Å². The molecule has 13 nitrogen and oxygen atoms in total. The van der Waals surface area contributed by atoms with E-state index in [4.69, 9.17) is 21.3 Å². The Hall–Kier alpha value is -5.35. The fraction of sp³-hybridized carbons (Fsp3) is 0.343. The highest BCUT2D eigenvalue weighted by molar-refractivity contribution is 6.33. The van der Waals surface area contributed by atoms with Gasteiger partial charge < -0.3 is 24.4 Å². The number of ether oxygens (including phenoxy) is 1. The molecule has 0 bridgehead atoms. The summed E-state index contributed by atoms with van der Waals surface area (Å²) in [5.41, 5.74) is 1.35. The summed E-state index contributed by atoms with van der Waals surface area (Å²) in [4.78, 5) is 50.0. The molecule has 2 N–H and O–H groups in total. The molecule has 0 radical (unpaired) electrons. The van der Waals surface area contributed by atoms with E-state index in [2.05, 4.69) is 15.5 Å². The largest absolute Gasteiger partial charge is 0.416 e. The molecule has 2 aliphatic rings. The first-order chi connectivity index (χ1) is 24.9. The van der Waals surface area contributed by atoms with Crippen molar-refractivity contribution in [3.8, 4) is 5.69 Å². The fourth-order valence-corrected chi connectivity index (χ4v) is 7.00.